The van der Waals surface area contributed by atoms with E-state index in [-0.39, 0.29) is 22.8 Å². The first-order valence-electron chi connectivity index (χ1n) is 5.29. The predicted octanol–water partition coefficient (Wildman–Crippen LogP) is 2.81. The van der Waals surface area contributed by atoms with Crippen molar-refractivity contribution in [3.63, 3.8) is 0 Å². The third-order valence-corrected chi connectivity index (χ3v) is 2.38. The topological polar surface area (TPSA) is 57.5 Å². The van der Waals surface area contributed by atoms with Crippen LogP contribution in [0.4, 0.5) is 0 Å². The maximum absolute atomic E-state index is 11.7. The molecule has 16 heavy (non-hydrogen) atoms. The summed E-state index contributed by atoms with van der Waals surface area (Å²) in [6.45, 7) is 5.44. The Morgan fingerprint density at radius 2 is 2.12 bits per heavy atom. The van der Waals surface area contributed by atoms with Gasteiger partial charge in [0.05, 0.1) is 5.56 Å². The molecule has 3 nitrogen and oxygen atoms in total. The van der Waals surface area contributed by atoms with Gasteiger partial charge in [-0.05, 0) is 25.0 Å². The van der Waals surface area contributed by atoms with Gasteiger partial charge in [-0.1, -0.05) is 13.0 Å². The molecular formula is C13H16O3. The van der Waals surface area contributed by atoms with Gasteiger partial charge < -0.3 is 10.2 Å². The minimum atomic E-state index is -0.127. The molecular weight excluding hydrogens is 204 g/mol. The number of allylic oxidation sites excluding steroid dienone is 1. The maximum Gasteiger partial charge on any atom is 0.166 e. The van der Waals surface area contributed by atoms with Crippen molar-refractivity contribution in [2.45, 2.75) is 26.2 Å². The summed E-state index contributed by atoms with van der Waals surface area (Å²) < 4.78 is 0. The molecule has 0 spiro atoms. The van der Waals surface area contributed by atoms with E-state index in [4.69, 9.17) is 0 Å². The smallest absolute Gasteiger partial charge is 0.166 e. The summed E-state index contributed by atoms with van der Waals surface area (Å²) in [5.74, 6) is -0.242. The Morgan fingerprint density at radius 1 is 1.44 bits per heavy atom. The second-order valence-electron chi connectivity index (χ2n) is 3.63. The van der Waals surface area contributed by atoms with Crippen LogP contribution in [-0.2, 0) is 6.42 Å². The molecule has 0 atom stereocenters. The minimum Gasteiger partial charge on any atom is -0.508 e. The van der Waals surface area contributed by atoms with E-state index in [1.807, 2.05) is 6.92 Å². The van der Waals surface area contributed by atoms with Crippen LogP contribution in [0.1, 0.15) is 35.7 Å². The van der Waals surface area contributed by atoms with Crippen LogP contribution in [-0.4, -0.2) is 16.0 Å². The summed E-state index contributed by atoms with van der Waals surface area (Å²) in [6.07, 6.45) is 3.04. The molecule has 0 radical (unpaired) electrons. The Hall–Kier alpha value is -1.77. The molecule has 0 aliphatic carbocycles. The lowest BCUT2D eigenvalue weighted by Gasteiger charge is -2.09. The third-order valence-electron chi connectivity index (χ3n) is 2.38. The molecule has 3 heteroatoms. The molecule has 0 fully saturated rings. The number of ketones is 1. The number of rotatable bonds is 5. The van der Waals surface area contributed by atoms with Gasteiger partial charge in [-0.3, -0.25) is 4.79 Å². The Labute approximate surface area is 95.0 Å². The lowest BCUT2D eigenvalue weighted by molar-refractivity contribution is 0.0979. The van der Waals surface area contributed by atoms with Gasteiger partial charge in [0, 0.05) is 12.0 Å². The van der Waals surface area contributed by atoms with Gasteiger partial charge in [-0.2, -0.15) is 0 Å². The minimum absolute atomic E-state index is 0.00884. The molecule has 0 aliphatic heterocycles. The van der Waals surface area contributed by atoms with Crippen LogP contribution < -0.4 is 0 Å². The van der Waals surface area contributed by atoms with E-state index in [2.05, 4.69) is 6.58 Å². The predicted molar refractivity (Wildman–Crippen MR) is 62.9 cm³/mol. The summed E-state index contributed by atoms with van der Waals surface area (Å²) in [5, 5.41) is 19.4. The highest BCUT2D eigenvalue weighted by atomic mass is 16.3. The van der Waals surface area contributed by atoms with Gasteiger partial charge in [0.1, 0.15) is 11.5 Å². The van der Waals surface area contributed by atoms with Gasteiger partial charge >= 0.3 is 0 Å². The van der Waals surface area contributed by atoms with Gasteiger partial charge in [-0.25, -0.2) is 0 Å². The molecule has 0 amide bonds. The van der Waals surface area contributed by atoms with E-state index < -0.39 is 0 Å². The van der Waals surface area contributed by atoms with Gasteiger partial charge in [-0.15, -0.1) is 6.58 Å². The van der Waals surface area contributed by atoms with Crippen LogP contribution in [0.2, 0.25) is 0 Å². The maximum atomic E-state index is 11.7. The Balaban J connectivity index is 3.17. The zero-order valence-electron chi connectivity index (χ0n) is 9.36. The fourth-order valence-corrected chi connectivity index (χ4v) is 1.56. The van der Waals surface area contributed by atoms with E-state index >= 15 is 0 Å². The molecule has 0 bridgehead atoms. The second kappa shape index (κ2) is 5.35. The Kier molecular flexibility index (Phi) is 4.11. The van der Waals surface area contributed by atoms with Crippen molar-refractivity contribution in [2.75, 3.05) is 0 Å². The number of carbonyl (C=O) groups excluding carboxylic acids is 1. The zero-order chi connectivity index (χ0) is 12.1. The molecule has 86 valence electrons. The van der Waals surface area contributed by atoms with Crippen molar-refractivity contribution in [3.8, 4) is 11.5 Å². The number of phenolic OH excluding ortho intramolecular Hbond substituents is 2. The molecule has 0 aliphatic rings. The number of hydrogen-bond donors (Lipinski definition) is 2. The van der Waals surface area contributed by atoms with Crippen LogP contribution in [0, 0.1) is 0 Å². The molecule has 2 N–H and O–H groups in total. The van der Waals surface area contributed by atoms with E-state index in [9.17, 15) is 15.0 Å². The van der Waals surface area contributed by atoms with Crippen LogP contribution in [0.5, 0.6) is 11.5 Å². The normalized spacial score (nSPS) is 10.1. The monoisotopic (exact) mass is 220 g/mol. The zero-order valence-corrected chi connectivity index (χ0v) is 9.36. The summed E-state index contributed by atoms with van der Waals surface area (Å²) in [4.78, 5) is 11.7. The second-order valence-corrected chi connectivity index (χ2v) is 3.63. The van der Waals surface area contributed by atoms with Crippen LogP contribution >= 0.6 is 0 Å². The van der Waals surface area contributed by atoms with E-state index in [1.54, 1.807) is 6.08 Å². The third kappa shape index (κ3) is 2.42. The first-order chi connectivity index (χ1) is 7.61. The highest BCUT2D eigenvalue weighted by molar-refractivity contribution is 5.99. The molecule has 0 saturated carbocycles. The SMILES string of the molecule is C=CCc1c(O)ccc(C(=O)CCC)c1O. The lowest BCUT2D eigenvalue weighted by Crippen LogP contribution is -2.00. The number of phenols is 2. The molecule has 0 saturated heterocycles. The van der Waals surface area contributed by atoms with Crippen molar-refractivity contribution in [2.24, 2.45) is 0 Å². The average Bonchev–Trinajstić information content (AvgIpc) is 2.24. The Morgan fingerprint density at radius 3 is 2.69 bits per heavy atom. The number of Topliss-reactive ketones (excluding diaryl/α,β-unsaturated/α-hetero) is 1. The van der Waals surface area contributed by atoms with Crippen molar-refractivity contribution in [1.29, 1.82) is 0 Å². The molecule has 0 unspecified atom stereocenters. The van der Waals surface area contributed by atoms with Crippen LogP contribution in [0.15, 0.2) is 24.8 Å². The molecule has 1 rings (SSSR count). The molecule has 0 heterocycles. The molecule has 1 aromatic rings. The Bertz CT molecular complexity index is 408. The van der Waals surface area contributed by atoms with Gasteiger partial charge in [0.2, 0.25) is 0 Å². The standard InChI is InChI=1S/C13H16O3/c1-3-5-9-12(15)8-7-10(13(9)16)11(14)6-4-2/h3,7-8,15-16H,1,4-6H2,2H3. The molecule has 1 aromatic carbocycles. The molecule has 0 aromatic heterocycles. The number of carbonyl (C=O) groups is 1. The van der Waals surface area contributed by atoms with Crippen molar-refractivity contribution in [1.82, 2.24) is 0 Å². The van der Waals surface area contributed by atoms with E-state index in [1.165, 1.54) is 12.1 Å². The fraction of sp³-hybridized carbons (Fsp3) is 0.308. The van der Waals surface area contributed by atoms with Crippen molar-refractivity contribution >= 4 is 5.78 Å². The number of aromatic hydroxyl groups is 2. The summed E-state index contributed by atoms with van der Waals surface area (Å²) in [5.41, 5.74) is 0.633. The van der Waals surface area contributed by atoms with Gasteiger partial charge in [0.15, 0.2) is 5.78 Å². The van der Waals surface area contributed by atoms with Crippen molar-refractivity contribution < 1.29 is 15.0 Å². The first-order valence-corrected chi connectivity index (χ1v) is 5.29. The lowest BCUT2D eigenvalue weighted by atomic mass is 10.00. The number of hydrogen-bond acceptors (Lipinski definition) is 3. The largest absolute Gasteiger partial charge is 0.508 e. The highest BCUT2D eigenvalue weighted by Gasteiger charge is 2.15. The summed E-state index contributed by atoms with van der Waals surface area (Å²) >= 11 is 0. The van der Waals surface area contributed by atoms with Crippen molar-refractivity contribution in [3.05, 3.63) is 35.9 Å². The van der Waals surface area contributed by atoms with E-state index in [0.717, 1.165) is 6.42 Å². The van der Waals surface area contributed by atoms with Gasteiger partial charge in [0.25, 0.3) is 0 Å². The van der Waals surface area contributed by atoms with Crippen LogP contribution in [0.25, 0.3) is 0 Å². The quantitative estimate of drug-likeness (QED) is 0.592. The number of benzene rings is 1. The highest BCUT2D eigenvalue weighted by Crippen LogP contribution is 2.32. The summed E-state index contributed by atoms with van der Waals surface area (Å²) in [7, 11) is 0. The average molecular weight is 220 g/mol. The first kappa shape index (κ1) is 12.3. The van der Waals surface area contributed by atoms with Crippen LogP contribution in [0.3, 0.4) is 0 Å². The fourth-order valence-electron chi connectivity index (χ4n) is 1.56. The van der Waals surface area contributed by atoms with E-state index in [0.29, 0.717) is 18.4 Å². The summed E-state index contributed by atoms with van der Waals surface area (Å²) in [6, 6.07) is 2.89.